The van der Waals surface area contributed by atoms with Gasteiger partial charge >= 0.3 is 11.9 Å². The van der Waals surface area contributed by atoms with Crippen LogP contribution in [0.25, 0.3) is 0 Å². The molecular formula is C17H19ClN2O6S. The van der Waals surface area contributed by atoms with Gasteiger partial charge in [-0.1, -0.05) is 24.9 Å². The lowest BCUT2D eigenvalue weighted by Gasteiger charge is -2.29. The lowest BCUT2D eigenvalue weighted by molar-refractivity contribution is -0.156. The van der Waals surface area contributed by atoms with Crippen molar-refractivity contribution in [3.05, 3.63) is 21.3 Å². The molecule has 1 aromatic rings. The van der Waals surface area contributed by atoms with Crippen molar-refractivity contribution in [1.82, 2.24) is 10.2 Å². The highest BCUT2D eigenvalue weighted by molar-refractivity contribution is 7.16. The molecule has 27 heavy (non-hydrogen) atoms. The predicted molar refractivity (Wildman–Crippen MR) is 96.4 cm³/mol. The van der Waals surface area contributed by atoms with Gasteiger partial charge < -0.3 is 10.2 Å². The number of carbonyl (C=O) groups is 4. The summed E-state index contributed by atoms with van der Waals surface area (Å²) < 4.78 is 0.453. The molecule has 4 unspecified atom stereocenters. The van der Waals surface area contributed by atoms with Gasteiger partial charge in [0.25, 0.3) is 0 Å². The Balaban J connectivity index is 2.10. The largest absolute Gasteiger partial charge is 0.481 e. The zero-order valence-corrected chi connectivity index (χ0v) is 16.0. The molecule has 10 heteroatoms. The Morgan fingerprint density at radius 3 is 2.52 bits per heavy atom. The second-order valence-corrected chi connectivity index (χ2v) is 8.54. The van der Waals surface area contributed by atoms with E-state index in [1.807, 2.05) is 6.92 Å². The van der Waals surface area contributed by atoms with E-state index >= 15 is 0 Å². The molecule has 0 aromatic carbocycles. The van der Waals surface area contributed by atoms with Gasteiger partial charge in [-0.15, -0.1) is 11.3 Å². The quantitative estimate of drug-likeness (QED) is 0.580. The van der Waals surface area contributed by atoms with Gasteiger partial charge in [-0.05, 0) is 18.6 Å². The van der Waals surface area contributed by atoms with Gasteiger partial charge in [0.15, 0.2) is 0 Å². The van der Waals surface area contributed by atoms with Crippen LogP contribution in [0.1, 0.15) is 37.1 Å². The fourth-order valence-corrected chi connectivity index (χ4v) is 5.17. The number of hydrogen-bond donors (Lipinski definition) is 3. The van der Waals surface area contributed by atoms with Crippen LogP contribution < -0.4 is 5.32 Å². The minimum absolute atomic E-state index is 0.196. The van der Waals surface area contributed by atoms with Crippen molar-refractivity contribution in [3.63, 3.8) is 0 Å². The third-order valence-corrected chi connectivity index (χ3v) is 6.51. The molecule has 0 bridgehead atoms. The van der Waals surface area contributed by atoms with E-state index in [1.165, 1.54) is 11.3 Å². The molecule has 2 saturated heterocycles. The molecule has 3 N–H and O–H groups in total. The molecule has 3 rings (SSSR count). The number of unbranched alkanes of at least 4 members (excludes halogenated alkanes) is 1. The molecule has 4 atom stereocenters. The maximum Gasteiger partial charge on any atom is 0.325 e. The molecule has 0 saturated carbocycles. The van der Waals surface area contributed by atoms with E-state index in [0.717, 1.165) is 11.3 Å². The molecule has 2 aliphatic rings. The molecule has 0 aliphatic carbocycles. The highest BCUT2D eigenvalue weighted by Crippen LogP contribution is 2.51. The Labute approximate surface area is 164 Å². The van der Waals surface area contributed by atoms with Crippen molar-refractivity contribution < 1.29 is 29.4 Å². The number of halogens is 1. The SMILES string of the molecule is CCCCN1C(=O)C2C(c3ccc(Cl)s3)NC(CC(=O)O)(C(=O)O)C2C1=O. The molecule has 2 fully saturated rings. The molecule has 3 heterocycles. The molecule has 1 aromatic heterocycles. The van der Waals surface area contributed by atoms with Crippen LogP contribution in [0.15, 0.2) is 12.1 Å². The van der Waals surface area contributed by atoms with E-state index in [4.69, 9.17) is 11.6 Å². The fourth-order valence-electron chi connectivity index (χ4n) is 4.01. The average Bonchev–Trinajstić information content (AvgIpc) is 3.22. The van der Waals surface area contributed by atoms with Crippen LogP contribution in [0.4, 0.5) is 0 Å². The molecule has 2 aliphatic heterocycles. The first-order chi connectivity index (χ1) is 12.7. The van der Waals surface area contributed by atoms with Crippen LogP contribution >= 0.6 is 22.9 Å². The molecule has 0 spiro atoms. The minimum Gasteiger partial charge on any atom is -0.481 e. The molecule has 146 valence electrons. The summed E-state index contributed by atoms with van der Waals surface area (Å²) in [5.74, 6) is -6.15. The highest BCUT2D eigenvalue weighted by atomic mass is 35.5. The molecule has 2 amide bonds. The maximum atomic E-state index is 13.0. The lowest BCUT2D eigenvalue weighted by Crippen LogP contribution is -2.56. The van der Waals surface area contributed by atoms with Crippen LogP contribution in [0, 0.1) is 11.8 Å². The van der Waals surface area contributed by atoms with Gasteiger partial charge in [0, 0.05) is 11.4 Å². The van der Waals surface area contributed by atoms with Crippen molar-refractivity contribution in [2.45, 2.75) is 37.8 Å². The second-order valence-electron chi connectivity index (χ2n) is 6.80. The number of nitrogens with one attached hydrogen (secondary N) is 1. The average molecular weight is 415 g/mol. The number of carboxylic acid groups (broad SMARTS) is 2. The zero-order chi connectivity index (χ0) is 19.9. The van der Waals surface area contributed by atoms with Crippen LogP contribution in [-0.2, 0) is 19.2 Å². The van der Waals surface area contributed by atoms with E-state index in [1.54, 1.807) is 12.1 Å². The Kier molecular flexibility index (Phi) is 5.29. The zero-order valence-electron chi connectivity index (χ0n) is 14.5. The third-order valence-electron chi connectivity index (χ3n) is 5.19. The number of carboxylic acids is 2. The first-order valence-corrected chi connectivity index (χ1v) is 9.75. The monoisotopic (exact) mass is 414 g/mol. The number of imide groups is 1. The number of likely N-dealkylation sites (tertiary alicyclic amines) is 1. The summed E-state index contributed by atoms with van der Waals surface area (Å²) in [4.78, 5) is 51.2. The number of rotatable bonds is 7. The number of fused-ring (bicyclic) bond motifs is 1. The van der Waals surface area contributed by atoms with E-state index < -0.39 is 53.6 Å². The van der Waals surface area contributed by atoms with Gasteiger partial charge in [0.1, 0.15) is 5.54 Å². The smallest absolute Gasteiger partial charge is 0.325 e. The highest BCUT2D eigenvalue weighted by Gasteiger charge is 2.69. The number of carbonyl (C=O) groups excluding carboxylic acids is 2. The van der Waals surface area contributed by atoms with E-state index in [9.17, 15) is 29.4 Å². The first-order valence-electron chi connectivity index (χ1n) is 8.56. The Morgan fingerprint density at radius 2 is 2.00 bits per heavy atom. The standard InChI is InChI=1S/C17H19ClN2O6S/c1-2-3-6-20-14(23)11-12(15(20)24)17(16(25)26,7-10(21)22)19-13(11)8-4-5-9(18)27-8/h4-5,11-13,19H,2-3,6-7H2,1H3,(H,21,22)(H,25,26). The summed E-state index contributed by atoms with van der Waals surface area (Å²) in [5, 5.41) is 22.0. The van der Waals surface area contributed by atoms with Gasteiger partial charge in [-0.3, -0.25) is 29.4 Å². The van der Waals surface area contributed by atoms with Gasteiger partial charge in [-0.2, -0.15) is 0 Å². The fraction of sp³-hybridized carbons (Fsp3) is 0.529. The number of amides is 2. The molecular weight excluding hydrogens is 396 g/mol. The second kappa shape index (κ2) is 7.21. The Morgan fingerprint density at radius 1 is 1.30 bits per heavy atom. The summed E-state index contributed by atoms with van der Waals surface area (Å²) in [6.07, 6.45) is 0.548. The normalized spacial score (nSPS) is 30.0. The summed E-state index contributed by atoms with van der Waals surface area (Å²) in [5.41, 5.74) is -2.05. The molecule has 8 nitrogen and oxygen atoms in total. The minimum atomic E-state index is -2.05. The third kappa shape index (κ3) is 3.13. The predicted octanol–water partition coefficient (Wildman–Crippen LogP) is 1.75. The van der Waals surface area contributed by atoms with Crippen molar-refractivity contribution in [1.29, 1.82) is 0 Å². The maximum absolute atomic E-state index is 13.0. The van der Waals surface area contributed by atoms with Crippen LogP contribution in [0.5, 0.6) is 0 Å². The van der Waals surface area contributed by atoms with Gasteiger partial charge in [0.05, 0.1) is 28.6 Å². The number of aliphatic carboxylic acids is 2. The van der Waals surface area contributed by atoms with Gasteiger partial charge in [-0.25, -0.2) is 0 Å². The molecule has 0 radical (unpaired) electrons. The van der Waals surface area contributed by atoms with Gasteiger partial charge in [0.2, 0.25) is 11.8 Å². The summed E-state index contributed by atoms with van der Waals surface area (Å²) >= 11 is 7.15. The van der Waals surface area contributed by atoms with Crippen molar-refractivity contribution in [2.75, 3.05) is 6.54 Å². The topological polar surface area (TPSA) is 124 Å². The van der Waals surface area contributed by atoms with Crippen molar-refractivity contribution >= 4 is 46.7 Å². The lowest BCUT2D eigenvalue weighted by atomic mass is 9.78. The summed E-state index contributed by atoms with van der Waals surface area (Å²) in [7, 11) is 0. The summed E-state index contributed by atoms with van der Waals surface area (Å²) in [6.45, 7) is 2.11. The van der Waals surface area contributed by atoms with Crippen LogP contribution in [-0.4, -0.2) is 50.9 Å². The first kappa shape index (κ1) is 19.8. The Bertz CT molecular complexity index is 811. The van der Waals surface area contributed by atoms with Crippen molar-refractivity contribution in [3.8, 4) is 0 Å². The van der Waals surface area contributed by atoms with E-state index in [0.29, 0.717) is 15.6 Å². The van der Waals surface area contributed by atoms with E-state index in [-0.39, 0.29) is 6.54 Å². The van der Waals surface area contributed by atoms with E-state index in [2.05, 4.69) is 5.32 Å². The summed E-state index contributed by atoms with van der Waals surface area (Å²) in [6, 6.07) is 2.49. The number of nitrogens with zero attached hydrogens (tertiary/aromatic N) is 1. The number of hydrogen-bond acceptors (Lipinski definition) is 6. The number of thiophene rings is 1. The van der Waals surface area contributed by atoms with Crippen LogP contribution in [0.3, 0.4) is 0 Å². The van der Waals surface area contributed by atoms with Crippen LogP contribution in [0.2, 0.25) is 4.34 Å². The Hall–Kier alpha value is -1.97. The van der Waals surface area contributed by atoms with Crippen molar-refractivity contribution in [2.24, 2.45) is 11.8 Å².